The van der Waals surface area contributed by atoms with Crippen LogP contribution < -0.4 is 10.6 Å². The van der Waals surface area contributed by atoms with Gasteiger partial charge in [-0.15, -0.1) is 0 Å². The Morgan fingerprint density at radius 1 is 1.43 bits per heavy atom. The fraction of sp³-hybridized carbons (Fsp3) is 0.714. The molecule has 21 heavy (non-hydrogen) atoms. The van der Waals surface area contributed by atoms with Gasteiger partial charge in [-0.1, -0.05) is 13.8 Å². The standard InChI is InChI=1S/C14H22F2N2O3/c1-7(2)4-10(17-8(3)19)13-9(6-12(15)16)5-11(18-13)14(20)21/h6-7,9-11,13,18H,4-5H2,1-3H3,(H,17,19)(H,20,21). The second kappa shape index (κ2) is 7.49. The Hall–Kier alpha value is -1.50. The number of aliphatic carboxylic acids is 1. The summed E-state index contributed by atoms with van der Waals surface area (Å²) in [6, 6.07) is -1.77. The molecule has 0 aromatic carbocycles. The molecular formula is C14H22F2N2O3. The van der Waals surface area contributed by atoms with Crippen LogP contribution >= 0.6 is 0 Å². The topological polar surface area (TPSA) is 78.4 Å². The van der Waals surface area contributed by atoms with Gasteiger partial charge in [-0.25, -0.2) is 0 Å². The van der Waals surface area contributed by atoms with Crippen molar-refractivity contribution in [1.29, 1.82) is 0 Å². The molecule has 7 heteroatoms. The van der Waals surface area contributed by atoms with Crippen molar-refractivity contribution in [2.45, 2.75) is 51.7 Å². The Kier molecular flexibility index (Phi) is 6.26. The monoisotopic (exact) mass is 304 g/mol. The second-order valence-electron chi connectivity index (χ2n) is 5.88. The maximum atomic E-state index is 12.6. The summed E-state index contributed by atoms with van der Waals surface area (Å²) in [5, 5.41) is 14.7. The quantitative estimate of drug-likeness (QED) is 0.698. The zero-order chi connectivity index (χ0) is 16.2. The lowest BCUT2D eigenvalue weighted by atomic mass is 9.89. The van der Waals surface area contributed by atoms with E-state index in [4.69, 9.17) is 5.11 Å². The molecule has 0 spiro atoms. The number of rotatable bonds is 6. The number of halogens is 2. The molecule has 1 aliphatic heterocycles. The van der Waals surface area contributed by atoms with Crippen molar-refractivity contribution in [3.63, 3.8) is 0 Å². The van der Waals surface area contributed by atoms with E-state index in [0.29, 0.717) is 6.42 Å². The molecule has 4 atom stereocenters. The van der Waals surface area contributed by atoms with Crippen LogP contribution in [0.25, 0.3) is 0 Å². The van der Waals surface area contributed by atoms with Gasteiger partial charge in [0.05, 0.1) is 0 Å². The summed E-state index contributed by atoms with van der Waals surface area (Å²) in [6.07, 6.45) is -0.368. The molecule has 1 aliphatic rings. The number of nitrogens with one attached hydrogen (secondary N) is 2. The summed E-state index contributed by atoms with van der Waals surface area (Å²) in [5.74, 6) is -1.70. The predicted octanol–water partition coefficient (Wildman–Crippen LogP) is 1.75. The largest absolute Gasteiger partial charge is 0.480 e. The molecule has 5 nitrogen and oxygen atoms in total. The van der Waals surface area contributed by atoms with Crippen molar-refractivity contribution in [3.8, 4) is 0 Å². The molecule has 120 valence electrons. The molecule has 1 rings (SSSR count). The first kappa shape index (κ1) is 17.6. The molecule has 0 bridgehead atoms. The van der Waals surface area contributed by atoms with Gasteiger partial charge in [0.25, 0.3) is 6.08 Å². The van der Waals surface area contributed by atoms with Crippen LogP contribution in [-0.4, -0.2) is 35.1 Å². The molecule has 0 aromatic heterocycles. The minimum Gasteiger partial charge on any atom is -0.480 e. The minimum atomic E-state index is -1.83. The first-order chi connectivity index (χ1) is 9.70. The van der Waals surface area contributed by atoms with Crippen LogP contribution in [0.5, 0.6) is 0 Å². The molecule has 0 saturated carbocycles. The third-order valence-electron chi connectivity index (χ3n) is 3.55. The number of carbonyl (C=O) groups is 2. The average Bonchev–Trinajstić information content (AvgIpc) is 2.69. The van der Waals surface area contributed by atoms with Gasteiger partial charge in [-0.2, -0.15) is 8.78 Å². The van der Waals surface area contributed by atoms with E-state index in [9.17, 15) is 18.4 Å². The van der Waals surface area contributed by atoms with E-state index in [2.05, 4.69) is 10.6 Å². The summed E-state index contributed by atoms with van der Waals surface area (Å²) in [6.45, 7) is 5.27. The number of carbonyl (C=O) groups excluding carboxylic acids is 1. The Morgan fingerprint density at radius 2 is 2.05 bits per heavy atom. The number of hydrogen-bond donors (Lipinski definition) is 3. The number of hydrogen-bond acceptors (Lipinski definition) is 3. The SMILES string of the molecule is CC(=O)NC(CC(C)C)C1NC(C(=O)O)CC1C=C(F)F. The maximum Gasteiger partial charge on any atom is 0.320 e. The number of carboxylic acids is 1. The van der Waals surface area contributed by atoms with Crippen molar-refractivity contribution in [2.24, 2.45) is 11.8 Å². The summed E-state index contributed by atoms with van der Waals surface area (Å²) >= 11 is 0. The lowest BCUT2D eigenvalue weighted by Crippen LogP contribution is -2.51. The molecule has 1 fully saturated rings. The van der Waals surface area contributed by atoms with Gasteiger partial charge < -0.3 is 10.4 Å². The van der Waals surface area contributed by atoms with Gasteiger partial charge in [-0.05, 0) is 24.8 Å². The Labute approximate surface area is 122 Å². The highest BCUT2D eigenvalue weighted by Crippen LogP contribution is 2.28. The Bertz CT molecular complexity index is 422. The minimum absolute atomic E-state index is 0.0888. The first-order valence-electron chi connectivity index (χ1n) is 6.99. The average molecular weight is 304 g/mol. The van der Waals surface area contributed by atoms with Crippen LogP contribution in [0.3, 0.4) is 0 Å². The molecule has 1 heterocycles. The molecule has 0 radical (unpaired) electrons. The summed E-state index contributed by atoms with van der Waals surface area (Å²) < 4.78 is 25.2. The second-order valence-corrected chi connectivity index (χ2v) is 5.88. The van der Waals surface area contributed by atoms with E-state index < -0.39 is 30.1 Å². The third kappa shape index (κ3) is 5.41. The van der Waals surface area contributed by atoms with Crippen LogP contribution in [0.4, 0.5) is 8.78 Å². The Balaban J connectivity index is 2.96. The molecule has 4 unspecified atom stereocenters. The molecular weight excluding hydrogens is 282 g/mol. The van der Waals surface area contributed by atoms with Crippen molar-refractivity contribution in [2.75, 3.05) is 0 Å². The van der Waals surface area contributed by atoms with Gasteiger partial charge >= 0.3 is 5.97 Å². The molecule has 3 N–H and O–H groups in total. The van der Waals surface area contributed by atoms with Gasteiger partial charge in [0.2, 0.25) is 5.91 Å². The lowest BCUT2D eigenvalue weighted by Gasteiger charge is -2.29. The fourth-order valence-corrected chi connectivity index (χ4v) is 2.83. The maximum absolute atomic E-state index is 12.6. The van der Waals surface area contributed by atoms with Crippen molar-refractivity contribution < 1.29 is 23.5 Å². The van der Waals surface area contributed by atoms with E-state index in [0.717, 1.165) is 6.08 Å². The van der Waals surface area contributed by atoms with Crippen molar-refractivity contribution in [1.82, 2.24) is 10.6 Å². The van der Waals surface area contributed by atoms with Crippen molar-refractivity contribution in [3.05, 3.63) is 12.2 Å². The van der Waals surface area contributed by atoms with Gasteiger partial charge in [0.15, 0.2) is 0 Å². The summed E-state index contributed by atoms with van der Waals surface area (Å²) in [5.41, 5.74) is 0. The molecule has 0 aliphatic carbocycles. The highest BCUT2D eigenvalue weighted by atomic mass is 19.3. The Morgan fingerprint density at radius 3 is 2.48 bits per heavy atom. The number of carboxylic acid groups (broad SMARTS) is 1. The van der Waals surface area contributed by atoms with Gasteiger partial charge in [-0.3, -0.25) is 14.9 Å². The first-order valence-corrected chi connectivity index (χ1v) is 6.99. The zero-order valence-corrected chi connectivity index (χ0v) is 12.4. The van der Waals surface area contributed by atoms with E-state index in [1.165, 1.54) is 6.92 Å². The van der Waals surface area contributed by atoms with Crippen LogP contribution in [-0.2, 0) is 9.59 Å². The molecule has 1 amide bonds. The zero-order valence-electron chi connectivity index (χ0n) is 12.4. The third-order valence-corrected chi connectivity index (χ3v) is 3.55. The smallest absolute Gasteiger partial charge is 0.320 e. The summed E-state index contributed by atoms with van der Waals surface area (Å²) in [7, 11) is 0. The van der Waals surface area contributed by atoms with Crippen LogP contribution in [0.1, 0.15) is 33.6 Å². The molecule has 0 aromatic rings. The number of amides is 1. The van der Waals surface area contributed by atoms with E-state index >= 15 is 0 Å². The predicted molar refractivity (Wildman–Crippen MR) is 73.8 cm³/mol. The van der Waals surface area contributed by atoms with Crippen molar-refractivity contribution >= 4 is 11.9 Å². The highest BCUT2D eigenvalue weighted by Gasteiger charge is 2.41. The van der Waals surface area contributed by atoms with Crippen LogP contribution in [0.15, 0.2) is 12.2 Å². The van der Waals surface area contributed by atoms with Crippen LogP contribution in [0.2, 0.25) is 0 Å². The molecule has 1 saturated heterocycles. The van der Waals surface area contributed by atoms with E-state index in [1.807, 2.05) is 13.8 Å². The van der Waals surface area contributed by atoms with E-state index in [1.54, 1.807) is 0 Å². The highest BCUT2D eigenvalue weighted by molar-refractivity contribution is 5.75. The van der Waals surface area contributed by atoms with Gasteiger partial charge in [0.1, 0.15) is 6.04 Å². The fourth-order valence-electron chi connectivity index (χ4n) is 2.83. The normalized spacial score (nSPS) is 26.5. The summed E-state index contributed by atoms with van der Waals surface area (Å²) in [4.78, 5) is 22.4. The van der Waals surface area contributed by atoms with E-state index in [-0.39, 0.29) is 24.3 Å². The lowest BCUT2D eigenvalue weighted by molar-refractivity contribution is -0.139. The van der Waals surface area contributed by atoms with Gasteiger partial charge in [0, 0.05) is 24.9 Å². The van der Waals surface area contributed by atoms with Crippen LogP contribution in [0, 0.1) is 11.8 Å².